The molecule has 0 atom stereocenters. The molecular formula is C6H9BrN2O. The van der Waals surface area contributed by atoms with E-state index in [-0.39, 0.29) is 0 Å². The lowest BCUT2D eigenvalue weighted by atomic mass is 10.3. The highest BCUT2D eigenvalue weighted by atomic mass is 79.9. The second kappa shape index (κ2) is 3.05. The van der Waals surface area contributed by atoms with Gasteiger partial charge in [0, 0.05) is 6.42 Å². The number of hydrogen-bond acceptors (Lipinski definition) is 3. The number of aromatic nitrogens is 1. The van der Waals surface area contributed by atoms with E-state index in [1.807, 2.05) is 0 Å². The topological polar surface area (TPSA) is 52.0 Å². The van der Waals surface area contributed by atoms with Crippen LogP contribution in [0.1, 0.15) is 19.1 Å². The summed E-state index contributed by atoms with van der Waals surface area (Å²) in [5.74, 6) is 1.27. The van der Waals surface area contributed by atoms with Crippen LogP contribution in [0.25, 0.3) is 0 Å². The van der Waals surface area contributed by atoms with Gasteiger partial charge in [0.1, 0.15) is 4.47 Å². The Hall–Kier alpha value is -0.510. The third-order valence-corrected chi connectivity index (χ3v) is 2.05. The summed E-state index contributed by atoms with van der Waals surface area (Å²) in [6, 6.07) is 0. The van der Waals surface area contributed by atoms with Gasteiger partial charge in [0.25, 0.3) is 0 Å². The van der Waals surface area contributed by atoms with Gasteiger partial charge in [0.2, 0.25) is 0 Å². The molecule has 0 fully saturated rings. The maximum atomic E-state index is 5.42. The molecule has 0 aromatic carbocycles. The summed E-state index contributed by atoms with van der Waals surface area (Å²) in [5, 5.41) is 3.59. The van der Waals surface area contributed by atoms with Crippen LogP contribution in [-0.2, 0) is 6.42 Å². The highest BCUT2D eigenvalue weighted by Crippen LogP contribution is 2.23. The molecule has 3 nitrogen and oxygen atoms in total. The van der Waals surface area contributed by atoms with Crippen molar-refractivity contribution >= 4 is 21.7 Å². The molecule has 0 amide bonds. The van der Waals surface area contributed by atoms with Crippen molar-refractivity contribution in [1.82, 2.24) is 5.16 Å². The van der Waals surface area contributed by atoms with E-state index in [4.69, 9.17) is 10.3 Å². The molecule has 10 heavy (non-hydrogen) atoms. The average molecular weight is 205 g/mol. The predicted molar refractivity (Wildman–Crippen MR) is 42.6 cm³/mol. The molecule has 56 valence electrons. The van der Waals surface area contributed by atoms with E-state index in [1.165, 1.54) is 0 Å². The maximum Gasteiger partial charge on any atom is 0.181 e. The van der Waals surface area contributed by atoms with Gasteiger partial charge in [-0.1, -0.05) is 12.1 Å². The lowest BCUT2D eigenvalue weighted by Gasteiger charge is -1.88. The van der Waals surface area contributed by atoms with Gasteiger partial charge < -0.3 is 10.3 Å². The van der Waals surface area contributed by atoms with Gasteiger partial charge >= 0.3 is 0 Å². The minimum Gasteiger partial charge on any atom is -0.380 e. The lowest BCUT2D eigenvalue weighted by Crippen LogP contribution is -1.84. The molecule has 0 aliphatic carbocycles. The summed E-state index contributed by atoms with van der Waals surface area (Å²) < 4.78 is 5.71. The summed E-state index contributed by atoms with van der Waals surface area (Å²) in [6.45, 7) is 2.07. The van der Waals surface area contributed by atoms with Crippen LogP contribution in [0.15, 0.2) is 9.00 Å². The minimum absolute atomic E-state index is 0.434. The Bertz CT molecular complexity index is 222. The molecule has 0 aliphatic heterocycles. The SMILES string of the molecule is CCCc1onc(N)c1Br. The van der Waals surface area contributed by atoms with Crippen molar-refractivity contribution < 1.29 is 4.52 Å². The second-order valence-corrected chi connectivity index (χ2v) is 2.85. The number of nitrogen functional groups attached to an aromatic ring is 1. The molecule has 0 radical (unpaired) electrons. The van der Waals surface area contributed by atoms with Crippen LogP contribution in [-0.4, -0.2) is 5.16 Å². The Balaban J connectivity index is 2.83. The van der Waals surface area contributed by atoms with Crippen LogP contribution in [0.4, 0.5) is 5.82 Å². The Morgan fingerprint density at radius 2 is 2.40 bits per heavy atom. The van der Waals surface area contributed by atoms with Gasteiger partial charge in [-0.3, -0.25) is 0 Å². The molecule has 0 bridgehead atoms. The summed E-state index contributed by atoms with van der Waals surface area (Å²) >= 11 is 3.27. The van der Waals surface area contributed by atoms with Gasteiger partial charge in [0.05, 0.1) is 0 Å². The molecule has 1 aromatic heterocycles. The smallest absolute Gasteiger partial charge is 0.181 e. The van der Waals surface area contributed by atoms with Gasteiger partial charge in [-0.15, -0.1) is 0 Å². The van der Waals surface area contributed by atoms with Gasteiger partial charge in [-0.25, -0.2) is 0 Å². The van der Waals surface area contributed by atoms with Gasteiger partial charge in [0.15, 0.2) is 11.6 Å². The number of anilines is 1. The molecule has 0 saturated heterocycles. The van der Waals surface area contributed by atoms with Crippen molar-refractivity contribution in [2.45, 2.75) is 19.8 Å². The van der Waals surface area contributed by atoms with Crippen LogP contribution >= 0.6 is 15.9 Å². The fraction of sp³-hybridized carbons (Fsp3) is 0.500. The molecule has 0 spiro atoms. The Morgan fingerprint density at radius 3 is 2.80 bits per heavy atom. The van der Waals surface area contributed by atoms with Crippen molar-refractivity contribution in [3.05, 3.63) is 10.2 Å². The quantitative estimate of drug-likeness (QED) is 0.802. The molecule has 0 saturated carbocycles. The number of aryl methyl sites for hydroxylation is 1. The maximum absolute atomic E-state index is 5.42. The van der Waals surface area contributed by atoms with Crippen LogP contribution < -0.4 is 5.73 Å². The molecule has 1 aromatic rings. The summed E-state index contributed by atoms with van der Waals surface area (Å²) in [7, 11) is 0. The Labute approximate surface area is 67.7 Å². The van der Waals surface area contributed by atoms with Crippen molar-refractivity contribution in [2.24, 2.45) is 0 Å². The first-order chi connectivity index (χ1) is 4.75. The third-order valence-electron chi connectivity index (χ3n) is 1.20. The summed E-state index contributed by atoms with van der Waals surface area (Å²) in [5.41, 5.74) is 5.42. The number of nitrogens with zero attached hydrogens (tertiary/aromatic N) is 1. The Kier molecular flexibility index (Phi) is 2.32. The molecule has 1 heterocycles. The third kappa shape index (κ3) is 1.31. The monoisotopic (exact) mass is 204 g/mol. The molecule has 2 N–H and O–H groups in total. The van der Waals surface area contributed by atoms with Crippen LogP contribution in [0, 0.1) is 0 Å². The normalized spacial score (nSPS) is 10.2. The fourth-order valence-corrected chi connectivity index (χ4v) is 1.05. The molecular weight excluding hydrogens is 196 g/mol. The highest BCUT2D eigenvalue weighted by molar-refractivity contribution is 9.10. The van der Waals surface area contributed by atoms with Gasteiger partial charge in [-0.2, -0.15) is 0 Å². The average Bonchev–Trinajstić information content (AvgIpc) is 2.20. The zero-order chi connectivity index (χ0) is 7.56. The van der Waals surface area contributed by atoms with E-state index in [9.17, 15) is 0 Å². The molecule has 4 heteroatoms. The van der Waals surface area contributed by atoms with E-state index in [0.29, 0.717) is 5.82 Å². The predicted octanol–water partition coefficient (Wildman–Crippen LogP) is 1.97. The number of hydrogen-bond donors (Lipinski definition) is 1. The summed E-state index contributed by atoms with van der Waals surface area (Å²) in [4.78, 5) is 0. The van der Waals surface area contributed by atoms with E-state index >= 15 is 0 Å². The second-order valence-electron chi connectivity index (χ2n) is 2.05. The van der Waals surface area contributed by atoms with Crippen molar-refractivity contribution in [1.29, 1.82) is 0 Å². The first-order valence-corrected chi connectivity index (χ1v) is 3.94. The lowest BCUT2D eigenvalue weighted by molar-refractivity contribution is 0.384. The van der Waals surface area contributed by atoms with Crippen molar-refractivity contribution in [3.63, 3.8) is 0 Å². The zero-order valence-electron chi connectivity index (χ0n) is 5.72. The van der Waals surface area contributed by atoms with E-state index in [1.54, 1.807) is 0 Å². The van der Waals surface area contributed by atoms with Crippen LogP contribution in [0.3, 0.4) is 0 Å². The van der Waals surface area contributed by atoms with E-state index < -0.39 is 0 Å². The first kappa shape index (κ1) is 7.60. The zero-order valence-corrected chi connectivity index (χ0v) is 7.31. The largest absolute Gasteiger partial charge is 0.380 e. The van der Waals surface area contributed by atoms with Gasteiger partial charge in [-0.05, 0) is 22.4 Å². The van der Waals surface area contributed by atoms with Crippen molar-refractivity contribution in [2.75, 3.05) is 5.73 Å². The standard InChI is InChI=1S/C6H9BrN2O/c1-2-3-4-5(7)6(8)9-10-4/h2-3H2,1H3,(H2,8,9). The fourth-order valence-electron chi connectivity index (χ4n) is 0.710. The van der Waals surface area contributed by atoms with E-state index in [0.717, 1.165) is 23.1 Å². The highest BCUT2D eigenvalue weighted by Gasteiger charge is 2.08. The molecule has 1 rings (SSSR count). The Morgan fingerprint density at radius 1 is 1.70 bits per heavy atom. The number of rotatable bonds is 2. The number of halogens is 1. The molecule has 0 unspecified atom stereocenters. The first-order valence-electron chi connectivity index (χ1n) is 3.15. The van der Waals surface area contributed by atoms with Crippen LogP contribution in [0.5, 0.6) is 0 Å². The number of nitrogens with two attached hydrogens (primary N) is 1. The molecule has 0 aliphatic rings. The summed E-state index contributed by atoms with van der Waals surface area (Å²) in [6.07, 6.45) is 1.91. The van der Waals surface area contributed by atoms with E-state index in [2.05, 4.69) is 28.0 Å². The van der Waals surface area contributed by atoms with Crippen LogP contribution in [0.2, 0.25) is 0 Å². The van der Waals surface area contributed by atoms with Crippen molar-refractivity contribution in [3.8, 4) is 0 Å². The minimum atomic E-state index is 0.434.